The van der Waals surface area contributed by atoms with Gasteiger partial charge in [0, 0.05) is 6.20 Å². The van der Waals surface area contributed by atoms with Gasteiger partial charge >= 0.3 is 0 Å². The smallest absolute Gasteiger partial charge is 0.275 e. The molecule has 22 heavy (non-hydrogen) atoms. The third-order valence-electron chi connectivity index (χ3n) is 2.57. The fraction of sp³-hybridized carbons (Fsp3) is 0. The Balaban J connectivity index is 2.14. The SMILES string of the molecule is C=NC(=C)NC(=O)c1cccc(C(=O)Nc2ccccn2)n1. The summed E-state index contributed by atoms with van der Waals surface area (Å²) in [6, 6.07) is 9.65. The summed E-state index contributed by atoms with van der Waals surface area (Å²) in [4.78, 5) is 35.4. The molecule has 0 spiro atoms. The Hall–Kier alpha value is -3.35. The molecule has 110 valence electrons. The number of hydrogen-bond acceptors (Lipinski definition) is 5. The van der Waals surface area contributed by atoms with Crippen LogP contribution in [0.5, 0.6) is 0 Å². The number of anilines is 1. The molecule has 2 aromatic rings. The average molecular weight is 295 g/mol. The molecule has 2 heterocycles. The molecule has 0 radical (unpaired) electrons. The van der Waals surface area contributed by atoms with Crippen LogP contribution in [0.3, 0.4) is 0 Å². The van der Waals surface area contributed by atoms with Gasteiger partial charge in [0.25, 0.3) is 11.8 Å². The van der Waals surface area contributed by atoms with Crippen molar-refractivity contribution in [2.45, 2.75) is 0 Å². The van der Waals surface area contributed by atoms with Gasteiger partial charge in [0.15, 0.2) is 0 Å². The Kier molecular flexibility index (Phi) is 4.71. The van der Waals surface area contributed by atoms with Crippen LogP contribution >= 0.6 is 0 Å². The molecular weight excluding hydrogens is 282 g/mol. The van der Waals surface area contributed by atoms with Crippen molar-refractivity contribution in [3.63, 3.8) is 0 Å². The fourth-order valence-electron chi connectivity index (χ4n) is 1.54. The van der Waals surface area contributed by atoms with Crippen molar-refractivity contribution in [3.8, 4) is 0 Å². The first-order valence-corrected chi connectivity index (χ1v) is 6.26. The van der Waals surface area contributed by atoms with Crippen molar-refractivity contribution in [2.75, 3.05) is 5.32 Å². The zero-order valence-electron chi connectivity index (χ0n) is 11.6. The first-order valence-electron chi connectivity index (χ1n) is 6.26. The van der Waals surface area contributed by atoms with Gasteiger partial charge in [-0.3, -0.25) is 9.59 Å². The van der Waals surface area contributed by atoms with Gasteiger partial charge in [-0.25, -0.2) is 15.0 Å². The zero-order valence-corrected chi connectivity index (χ0v) is 11.6. The average Bonchev–Trinajstić information content (AvgIpc) is 2.55. The Morgan fingerprint density at radius 2 is 1.77 bits per heavy atom. The monoisotopic (exact) mass is 295 g/mol. The first kappa shape index (κ1) is 15.0. The van der Waals surface area contributed by atoms with Crippen molar-refractivity contribution in [2.24, 2.45) is 4.99 Å². The van der Waals surface area contributed by atoms with Gasteiger partial charge in [-0.15, -0.1) is 0 Å². The normalized spacial score (nSPS) is 9.64. The van der Waals surface area contributed by atoms with E-state index < -0.39 is 11.8 Å². The molecule has 0 saturated heterocycles. The molecule has 0 aliphatic carbocycles. The number of hydrogen-bond donors (Lipinski definition) is 2. The van der Waals surface area contributed by atoms with Crippen LogP contribution in [0.4, 0.5) is 5.82 Å². The largest absolute Gasteiger partial charge is 0.306 e. The highest BCUT2D eigenvalue weighted by Gasteiger charge is 2.13. The van der Waals surface area contributed by atoms with Crippen LogP contribution in [-0.2, 0) is 0 Å². The van der Waals surface area contributed by atoms with Crippen LogP contribution in [0.15, 0.2) is 60.0 Å². The van der Waals surface area contributed by atoms with Crippen molar-refractivity contribution in [3.05, 3.63) is 66.4 Å². The maximum atomic E-state index is 12.1. The van der Waals surface area contributed by atoms with Gasteiger partial charge < -0.3 is 10.6 Å². The van der Waals surface area contributed by atoms with Gasteiger partial charge in [-0.1, -0.05) is 18.7 Å². The Labute approximate surface area is 126 Å². The van der Waals surface area contributed by atoms with Crippen LogP contribution in [0.1, 0.15) is 21.0 Å². The Morgan fingerprint density at radius 3 is 2.41 bits per heavy atom. The topological polar surface area (TPSA) is 96.3 Å². The summed E-state index contributed by atoms with van der Waals surface area (Å²) in [6.07, 6.45) is 1.56. The third kappa shape index (κ3) is 3.83. The molecule has 7 nitrogen and oxygen atoms in total. The summed E-state index contributed by atoms with van der Waals surface area (Å²) in [5.74, 6) is -0.484. The maximum Gasteiger partial charge on any atom is 0.275 e. The lowest BCUT2D eigenvalue weighted by Gasteiger charge is -2.06. The van der Waals surface area contributed by atoms with E-state index in [4.69, 9.17) is 0 Å². The number of carbonyl (C=O) groups excluding carboxylic acids is 2. The second-order valence-electron chi connectivity index (χ2n) is 4.14. The quantitative estimate of drug-likeness (QED) is 0.819. The van der Waals surface area contributed by atoms with E-state index in [0.717, 1.165) is 0 Å². The van der Waals surface area contributed by atoms with E-state index in [-0.39, 0.29) is 17.2 Å². The molecule has 0 aromatic carbocycles. The highest BCUT2D eigenvalue weighted by molar-refractivity contribution is 6.03. The van der Waals surface area contributed by atoms with Gasteiger partial charge in [0.2, 0.25) is 0 Å². The van der Waals surface area contributed by atoms with E-state index >= 15 is 0 Å². The van der Waals surface area contributed by atoms with Gasteiger partial charge in [0.1, 0.15) is 23.0 Å². The van der Waals surface area contributed by atoms with E-state index in [1.54, 1.807) is 30.5 Å². The number of carbonyl (C=O) groups is 2. The van der Waals surface area contributed by atoms with Gasteiger partial charge in [-0.05, 0) is 31.0 Å². The van der Waals surface area contributed by atoms with Crippen LogP contribution < -0.4 is 10.6 Å². The first-order chi connectivity index (χ1) is 10.6. The molecule has 0 aliphatic rings. The van der Waals surface area contributed by atoms with Crippen LogP contribution in [0.2, 0.25) is 0 Å². The van der Waals surface area contributed by atoms with Crippen molar-refractivity contribution >= 4 is 24.3 Å². The molecule has 0 bridgehead atoms. The number of aromatic nitrogens is 2. The van der Waals surface area contributed by atoms with Gasteiger partial charge in [-0.2, -0.15) is 0 Å². The third-order valence-corrected chi connectivity index (χ3v) is 2.57. The Bertz CT molecular complexity index is 728. The molecule has 2 amide bonds. The lowest BCUT2D eigenvalue weighted by molar-refractivity contribution is 0.0960. The number of pyridine rings is 2. The number of aliphatic imine (C=N–C) groups is 1. The molecule has 0 atom stereocenters. The minimum atomic E-state index is -0.523. The summed E-state index contributed by atoms with van der Waals surface area (Å²) >= 11 is 0. The highest BCUT2D eigenvalue weighted by Crippen LogP contribution is 2.05. The second-order valence-corrected chi connectivity index (χ2v) is 4.14. The molecular formula is C15H13N5O2. The molecule has 2 N–H and O–H groups in total. The highest BCUT2D eigenvalue weighted by atomic mass is 16.2. The molecule has 0 fully saturated rings. The van der Waals surface area contributed by atoms with E-state index in [1.807, 2.05) is 0 Å². The van der Waals surface area contributed by atoms with E-state index in [1.165, 1.54) is 12.1 Å². The van der Waals surface area contributed by atoms with Crippen LogP contribution in [0, 0.1) is 0 Å². The second kappa shape index (κ2) is 6.89. The summed E-state index contributed by atoms with van der Waals surface area (Å²) in [5.41, 5.74) is 0.161. The summed E-state index contributed by atoms with van der Waals surface area (Å²) in [5, 5.41) is 4.98. The van der Waals surface area contributed by atoms with E-state index in [2.05, 4.69) is 38.9 Å². The van der Waals surface area contributed by atoms with E-state index in [9.17, 15) is 9.59 Å². The number of amides is 2. The van der Waals surface area contributed by atoms with Crippen molar-refractivity contribution < 1.29 is 9.59 Å². The number of nitrogens with one attached hydrogen (secondary N) is 2. The maximum absolute atomic E-state index is 12.1. The van der Waals surface area contributed by atoms with Crippen LogP contribution in [-0.4, -0.2) is 28.5 Å². The summed E-state index contributed by atoms with van der Waals surface area (Å²) < 4.78 is 0. The zero-order chi connectivity index (χ0) is 15.9. The molecule has 0 aliphatic heterocycles. The minimum Gasteiger partial charge on any atom is -0.306 e. The minimum absolute atomic E-state index is 0.0680. The standard InChI is InChI=1S/C15H13N5O2/c1-10(16-2)18-14(21)11-6-5-7-12(19-11)15(22)20-13-8-3-4-9-17-13/h3-9H,1-2H2,(H,18,21)(H,17,20,22). The Morgan fingerprint density at radius 1 is 1.05 bits per heavy atom. The molecule has 7 heteroatoms. The number of nitrogens with zero attached hydrogens (tertiary/aromatic N) is 3. The lowest BCUT2D eigenvalue weighted by Crippen LogP contribution is -2.24. The summed E-state index contributed by atoms with van der Waals surface area (Å²) in [6.45, 7) is 6.72. The molecule has 2 aromatic heterocycles. The van der Waals surface area contributed by atoms with E-state index in [0.29, 0.717) is 5.82 Å². The van der Waals surface area contributed by atoms with Crippen molar-refractivity contribution in [1.29, 1.82) is 0 Å². The molecule has 0 unspecified atom stereocenters. The molecule has 0 saturated carbocycles. The lowest BCUT2D eigenvalue weighted by atomic mass is 10.2. The summed E-state index contributed by atoms with van der Waals surface area (Å²) in [7, 11) is 0. The fourth-order valence-corrected chi connectivity index (χ4v) is 1.54. The van der Waals surface area contributed by atoms with Crippen LogP contribution in [0.25, 0.3) is 0 Å². The van der Waals surface area contributed by atoms with Crippen molar-refractivity contribution in [1.82, 2.24) is 15.3 Å². The van der Waals surface area contributed by atoms with Gasteiger partial charge in [0.05, 0.1) is 0 Å². The molecule has 2 rings (SSSR count). The number of rotatable bonds is 5. The predicted molar refractivity (Wildman–Crippen MR) is 82.6 cm³/mol. The predicted octanol–water partition coefficient (Wildman–Crippen LogP) is 1.63.